The summed E-state index contributed by atoms with van der Waals surface area (Å²) in [6.45, 7) is 3.35. The zero-order chi connectivity index (χ0) is 8.85. The van der Waals surface area contributed by atoms with Gasteiger partial charge in [-0.2, -0.15) is 0 Å². The maximum atomic E-state index is 10.7. The summed E-state index contributed by atoms with van der Waals surface area (Å²) < 4.78 is 4.71. The number of rotatable bonds is 4. The van der Waals surface area contributed by atoms with Crippen molar-refractivity contribution in [3.63, 3.8) is 0 Å². The van der Waals surface area contributed by atoms with E-state index < -0.39 is 5.97 Å². The fourth-order valence-corrected chi connectivity index (χ4v) is 0.538. The highest BCUT2D eigenvalue weighted by molar-refractivity contribution is 5.96. The first kappa shape index (κ1) is 10.1. The Morgan fingerprint density at radius 3 is 2.36 bits per heavy atom. The van der Waals surface area contributed by atoms with Crippen molar-refractivity contribution in [2.75, 3.05) is 6.54 Å². The number of nitrogens with two attached hydrogens (primary N) is 1. The van der Waals surface area contributed by atoms with Crippen molar-refractivity contribution in [3.05, 3.63) is 0 Å². The van der Waals surface area contributed by atoms with Crippen LogP contribution in [0.25, 0.3) is 0 Å². The van der Waals surface area contributed by atoms with Crippen molar-refractivity contribution < 1.29 is 14.3 Å². The van der Waals surface area contributed by atoms with Gasteiger partial charge in [-0.25, -0.2) is 0 Å². The van der Waals surface area contributed by atoms with Gasteiger partial charge in [-0.15, -0.1) is 0 Å². The van der Waals surface area contributed by atoms with Crippen LogP contribution in [0.5, 0.6) is 0 Å². The molecule has 4 nitrogen and oxygen atoms in total. The highest BCUT2D eigenvalue weighted by Gasteiger charge is 2.09. The molecular weight excluding hydrogens is 146 g/mol. The van der Waals surface area contributed by atoms with Crippen LogP contribution in [0.1, 0.15) is 20.3 Å². The summed E-state index contributed by atoms with van der Waals surface area (Å²) in [4.78, 5) is 21.3. The van der Waals surface area contributed by atoms with Crippen LogP contribution in [0.4, 0.5) is 0 Å². The fourth-order valence-electron chi connectivity index (χ4n) is 0.538. The molecule has 0 atom stereocenters. The second-order valence-corrected chi connectivity index (χ2v) is 2.46. The summed E-state index contributed by atoms with van der Waals surface area (Å²) in [6.07, 6.45) is -0.387. The van der Waals surface area contributed by atoms with Crippen LogP contribution in [-0.4, -0.2) is 24.4 Å². The van der Waals surface area contributed by atoms with E-state index in [2.05, 4.69) is 0 Å². The number of Topliss-reactive ketones (excluding diaryl/α,β-unsaturated/α-hetero) is 1. The lowest BCUT2D eigenvalue weighted by molar-refractivity contribution is -0.149. The largest absolute Gasteiger partial charge is 0.463 e. The molecule has 64 valence electrons. The molecule has 0 saturated carbocycles. The molecule has 0 aromatic rings. The minimum atomic E-state index is -0.504. The molecule has 0 bridgehead atoms. The Labute approximate surface area is 65.7 Å². The van der Waals surface area contributed by atoms with Crippen molar-refractivity contribution in [3.8, 4) is 0 Å². The van der Waals surface area contributed by atoms with E-state index in [9.17, 15) is 9.59 Å². The van der Waals surface area contributed by atoms with Gasteiger partial charge in [0.05, 0.1) is 12.6 Å². The Hall–Kier alpha value is -0.900. The second-order valence-electron chi connectivity index (χ2n) is 2.46. The Morgan fingerprint density at radius 1 is 1.45 bits per heavy atom. The molecule has 0 fully saturated rings. The van der Waals surface area contributed by atoms with E-state index in [4.69, 9.17) is 10.5 Å². The summed E-state index contributed by atoms with van der Waals surface area (Å²) >= 11 is 0. The average Bonchev–Trinajstić information content (AvgIpc) is 1.85. The van der Waals surface area contributed by atoms with Crippen LogP contribution in [-0.2, 0) is 14.3 Å². The van der Waals surface area contributed by atoms with Gasteiger partial charge in [-0.3, -0.25) is 9.59 Å². The van der Waals surface area contributed by atoms with Crippen LogP contribution in [0.3, 0.4) is 0 Å². The smallest absolute Gasteiger partial charge is 0.313 e. The molecule has 2 N–H and O–H groups in total. The van der Waals surface area contributed by atoms with Crippen molar-refractivity contribution in [2.24, 2.45) is 5.73 Å². The lowest BCUT2D eigenvalue weighted by atomic mass is 10.3. The zero-order valence-electron chi connectivity index (χ0n) is 6.79. The lowest BCUT2D eigenvalue weighted by Gasteiger charge is -2.05. The normalized spacial score (nSPS) is 9.82. The molecule has 0 amide bonds. The summed E-state index contributed by atoms with van der Waals surface area (Å²) in [5, 5.41) is 0. The van der Waals surface area contributed by atoms with E-state index in [1.54, 1.807) is 13.8 Å². The standard InChI is InChI=1S/C7H13NO3/c1-5(2)11-7(10)3-6(9)4-8/h5H,3-4,8H2,1-2H3. The van der Waals surface area contributed by atoms with Gasteiger partial charge in [0.1, 0.15) is 6.42 Å². The number of ether oxygens (including phenoxy) is 1. The van der Waals surface area contributed by atoms with Crippen molar-refractivity contribution in [2.45, 2.75) is 26.4 Å². The maximum Gasteiger partial charge on any atom is 0.313 e. The van der Waals surface area contributed by atoms with E-state index in [0.717, 1.165) is 0 Å². The molecule has 4 heteroatoms. The number of hydrogen-bond donors (Lipinski definition) is 1. The third-order valence-corrected chi connectivity index (χ3v) is 0.936. The molecule has 0 aromatic heterocycles. The third kappa shape index (κ3) is 5.54. The van der Waals surface area contributed by atoms with E-state index in [1.165, 1.54) is 0 Å². The molecule has 0 unspecified atom stereocenters. The third-order valence-electron chi connectivity index (χ3n) is 0.936. The van der Waals surface area contributed by atoms with E-state index in [1.807, 2.05) is 0 Å². The molecule has 0 spiro atoms. The second kappa shape index (κ2) is 4.85. The number of carbonyl (C=O) groups excluding carboxylic acids is 2. The summed E-state index contributed by atoms with van der Waals surface area (Å²) in [7, 11) is 0. The minimum absolute atomic E-state index is 0.104. The molecule has 0 heterocycles. The molecule has 0 aliphatic rings. The fraction of sp³-hybridized carbons (Fsp3) is 0.714. The topological polar surface area (TPSA) is 69.4 Å². The van der Waals surface area contributed by atoms with Crippen molar-refractivity contribution in [1.82, 2.24) is 0 Å². The molecule has 11 heavy (non-hydrogen) atoms. The first-order chi connectivity index (χ1) is 5.06. The predicted octanol–water partition coefficient (Wildman–Crippen LogP) is -0.144. The van der Waals surface area contributed by atoms with Gasteiger partial charge >= 0.3 is 5.97 Å². The zero-order valence-corrected chi connectivity index (χ0v) is 6.79. The summed E-state index contributed by atoms with van der Waals surface area (Å²) in [5.74, 6) is -0.800. The lowest BCUT2D eigenvalue weighted by Crippen LogP contribution is -2.20. The van der Waals surface area contributed by atoms with Crippen molar-refractivity contribution >= 4 is 11.8 Å². The molecule has 0 radical (unpaired) electrons. The van der Waals surface area contributed by atoms with Gasteiger partial charge in [-0.1, -0.05) is 0 Å². The van der Waals surface area contributed by atoms with Gasteiger partial charge in [0.2, 0.25) is 0 Å². The first-order valence-electron chi connectivity index (χ1n) is 3.47. The Kier molecular flexibility index (Phi) is 4.45. The van der Waals surface area contributed by atoms with Gasteiger partial charge in [0.25, 0.3) is 0 Å². The number of carbonyl (C=O) groups is 2. The molecule has 0 rings (SSSR count). The van der Waals surface area contributed by atoms with Crippen LogP contribution < -0.4 is 5.73 Å². The first-order valence-corrected chi connectivity index (χ1v) is 3.47. The van der Waals surface area contributed by atoms with Crippen LogP contribution in [0.2, 0.25) is 0 Å². The summed E-state index contributed by atoms with van der Waals surface area (Å²) in [5.41, 5.74) is 4.99. The maximum absolute atomic E-state index is 10.7. The van der Waals surface area contributed by atoms with E-state index in [-0.39, 0.29) is 24.9 Å². The molecule has 0 aromatic carbocycles. The highest BCUT2D eigenvalue weighted by atomic mass is 16.5. The van der Waals surface area contributed by atoms with Crippen LogP contribution in [0, 0.1) is 0 Å². The minimum Gasteiger partial charge on any atom is -0.463 e. The quantitative estimate of drug-likeness (QED) is 0.457. The molecule has 0 aliphatic carbocycles. The molecule has 0 aliphatic heterocycles. The molecule has 0 saturated heterocycles. The monoisotopic (exact) mass is 159 g/mol. The van der Waals surface area contributed by atoms with Crippen LogP contribution in [0.15, 0.2) is 0 Å². The predicted molar refractivity (Wildman–Crippen MR) is 39.9 cm³/mol. The number of esters is 1. The van der Waals surface area contributed by atoms with E-state index in [0.29, 0.717) is 0 Å². The van der Waals surface area contributed by atoms with Gasteiger partial charge in [0, 0.05) is 0 Å². The molecular formula is C7H13NO3. The number of hydrogen-bond acceptors (Lipinski definition) is 4. The number of ketones is 1. The average molecular weight is 159 g/mol. The van der Waals surface area contributed by atoms with E-state index >= 15 is 0 Å². The Bertz CT molecular complexity index is 154. The Morgan fingerprint density at radius 2 is 2.00 bits per heavy atom. The Balaban J connectivity index is 3.61. The van der Waals surface area contributed by atoms with Gasteiger partial charge < -0.3 is 10.5 Å². The SMILES string of the molecule is CC(C)OC(=O)CC(=O)CN. The highest BCUT2D eigenvalue weighted by Crippen LogP contribution is 1.93. The van der Waals surface area contributed by atoms with Gasteiger partial charge in [0.15, 0.2) is 5.78 Å². The van der Waals surface area contributed by atoms with Gasteiger partial charge in [-0.05, 0) is 13.8 Å². The van der Waals surface area contributed by atoms with Crippen molar-refractivity contribution in [1.29, 1.82) is 0 Å². The van der Waals surface area contributed by atoms with Crippen LogP contribution >= 0.6 is 0 Å². The summed E-state index contributed by atoms with van der Waals surface area (Å²) in [6, 6.07) is 0.